The quantitative estimate of drug-likeness (QED) is 0.360. The van der Waals surface area contributed by atoms with Crippen molar-refractivity contribution in [3.8, 4) is 0 Å². The van der Waals surface area contributed by atoms with Crippen LogP contribution in [0.5, 0.6) is 0 Å². The molecule has 3 heterocycles. The maximum atomic E-state index is 14.1. The lowest BCUT2D eigenvalue weighted by Gasteiger charge is -2.44. The minimum absolute atomic E-state index is 0.112. The number of ether oxygens (including phenoxy) is 2. The van der Waals surface area contributed by atoms with Crippen LogP contribution in [0.1, 0.15) is 46.6 Å². The van der Waals surface area contributed by atoms with Gasteiger partial charge in [-0.1, -0.05) is 19.6 Å². The summed E-state index contributed by atoms with van der Waals surface area (Å²) in [5.74, 6) is 0.453. The summed E-state index contributed by atoms with van der Waals surface area (Å²) in [5.41, 5.74) is -0.283. The van der Waals surface area contributed by atoms with E-state index < -0.39 is 20.1 Å². The van der Waals surface area contributed by atoms with Crippen molar-refractivity contribution in [2.45, 2.75) is 91.1 Å². The van der Waals surface area contributed by atoms with Crippen LogP contribution < -0.4 is 4.90 Å². The number of amides is 1. The number of piperazine rings is 1. The lowest BCUT2D eigenvalue weighted by atomic mass is 10.1. The van der Waals surface area contributed by atoms with E-state index in [1.54, 1.807) is 9.47 Å². The van der Waals surface area contributed by atoms with Crippen molar-refractivity contribution in [1.82, 2.24) is 19.4 Å². The van der Waals surface area contributed by atoms with E-state index in [1.165, 1.54) is 12.5 Å². The lowest BCUT2D eigenvalue weighted by Crippen LogP contribution is -2.59. The van der Waals surface area contributed by atoms with E-state index in [0.717, 1.165) is 6.04 Å². The Morgan fingerprint density at radius 3 is 2.46 bits per heavy atom. The summed E-state index contributed by atoms with van der Waals surface area (Å²) in [7, 11) is -1.26. The summed E-state index contributed by atoms with van der Waals surface area (Å²) in [4.78, 5) is 25.1. The maximum absolute atomic E-state index is 14.1. The van der Waals surface area contributed by atoms with E-state index in [1.807, 2.05) is 39.5 Å². The first-order valence-corrected chi connectivity index (χ1v) is 15.8. The van der Waals surface area contributed by atoms with E-state index >= 15 is 0 Å². The lowest BCUT2D eigenvalue weighted by molar-refractivity contribution is 0.0130. The van der Waals surface area contributed by atoms with Crippen LogP contribution in [0.25, 0.3) is 11.0 Å². The fraction of sp³-hybridized carbons (Fsp3) is 0.708. The number of halogens is 2. The van der Waals surface area contributed by atoms with Gasteiger partial charge in [-0.2, -0.15) is 0 Å². The number of alkyl halides is 2. The zero-order valence-electron chi connectivity index (χ0n) is 22.1. The predicted molar refractivity (Wildman–Crippen MR) is 136 cm³/mol. The first-order chi connectivity index (χ1) is 16.2. The molecule has 2 atom stereocenters. The van der Waals surface area contributed by atoms with E-state index in [0.29, 0.717) is 36.5 Å². The number of hydrogen-bond donors (Lipinski definition) is 0. The molecule has 2 aromatic heterocycles. The summed E-state index contributed by atoms with van der Waals surface area (Å²) in [6.07, 6.45) is -0.226. The Morgan fingerprint density at radius 2 is 1.86 bits per heavy atom. The van der Waals surface area contributed by atoms with Gasteiger partial charge in [-0.25, -0.2) is 23.5 Å². The Labute approximate surface area is 207 Å². The molecule has 1 saturated heterocycles. The molecule has 0 N–H and O–H groups in total. The third kappa shape index (κ3) is 6.69. The monoisotopic (exact) mass is 511 g/mol. The highest BCUT2D eigenvalue weighted by Crippen LogP contribution is 2.36. The van der Waals surface area contributed by atoms with E-state index in [4.69, 9.17) is 9.47 Å². The normalized spacial score (nSPS) is 19.6. The molecule has 35 heavy (non-hydrogen) atoms. The fourth-order valence-corrected chi connectivity index (χ4v) is 4.91. The average molecular weight is 512 g/mol. The number of rotatable bonds is 7. The standard InChI is InChI=1S/C24H39F2N5O3Si/c1-16-12-31(23(32)34-24(3,4)5)17(2)11-30(16)22-19-18(20(25)26)13-29(21(19)27-14-28-22)15-33-9-10-35(6,7)8/h13-14,16-17,20H,9-12,15H2,1-8H3/t16-,17+/m0/s1. The molecular weight excluding hydrogens is 472 g/mol. The zero-order chi connectivity index (χ0) is 26.1. The first kappa shape index (κ1) is 27.3. The van der Waals surface area contributed by atoms with Gasteiger partial charge in [0, 0.05) is 51.6 Å². The highest BCUT2D eigenvalue weighted by Gasteiger charge is 2.36. The molecule has 0 bridgehead atoms. The fourth-order valence-electron chi connectivity index (χ4n) is 4.16. The Kier molecular flexibility index (Phi) is 8.10. The minimum Gasteiger partial charge on any atom is -0.444 e. The molecule has 0 saturated carbocycles. The van der Waals surface area contributed by atoms with Crippen LogP contribution in [0, 0.1) is 0 Å². The largest absolute Gasteiger partial charge is 0.444 e. The Hall–Kier alpha value is -2.27. The van der Waals surface area contributed by atoms with Crippen molar-refractivity contribution in [1.29, 1.82) is 0 Å². The van der Waals surface area contributed by atoms with Gasteiger partial charge in [0.15, 0.2) is 0 Å². The Morgan fingerprint density at radius 1 is 1.17 bits per heavy atom. The van der Waals surface area contributed by atoms with Crippen LogP contribution in [0.15, 0.2) is 12.5 Å². The molecule has 1 aliphatic heterocycles. The smallest absolute Gasteiger partial charge is 0.410 e. The Balaban J connectivity index is 1.87. The van der Waals surface area contributed by atoms with Gasteiger partial charge < -0.3 is 23.8 Å². The van der Waals surface area contributed by atoms with Gasteiger partial charge in [0.2, 0.25) is 0 Å². The van der Waals surface area contributed by atoms with Gasteiger partial charge >= 0.3 is 6.09 Å². The number of fused-ring (bicyclic) bond motifs is 1. The number of hydrogen-bond acceptors (Lipinski definition) is 6. The van der Waals surface area contributed by atoms with Crippen LogP contribution >= 0.6 is 0 Å². The molecule has 8 nitrogen and oxygen atoms in total. The third-order valence-electron chi connectivity index (χ3n) is 6.01. The first-order valence-electron chi connectivity index (χ1n) is 12.1. The molecule has 1 fully saturated rings. The van der Waals surface area contributed by atoms with Crippen LogP contribution in [-0.2, 0) is 16.2 Å². The SMILES string of the molecule is C[C@@H]1CN(c2ncnc3c2c(C(F)F)cn3COCC[Si](C)(C)C)[C@@H](C)CN1C(=O)OC(C)(C)C. The van der Waals surface area contributed by atoms with Crippen molar-refractivity contribution < 1.29 is 23.0 Å². The van der Waals surface area contributed by atoms with Crippen LogP contribution in [0.4, 0.5) is 19.4 Å². The van der Waals surface area contributed by atoms with Crippen molar-refractivity contribution in [3.63, 3.8) is 0 Å². The summed E-state index contributed by atoms with van der Waals surface area (Å²) >= 11 is 0. The number of nitrogens with zero attached hydrogens (tertiary/aromatic N) is 5. The van der Waals surface area contributed by atoms with Crippen LogP contribution in [-0.4, -0.2) is 71.0 Å². The number of aromatic nitrogens is 3. The molecule has 0 aromatic carbocycles. The second kappa shape index (κ2) is 10.4. The molecule has 196 valence electrons. The van der Waals surface area contributed by atoms with Gasteiger partial charge in [-0.15, -0.1) is 0 Å². The molecule has 1 amide bonds. The third-order valence-corrected chi connectivity index (χ3v) is 7.71. The Bertz CT molecular complexity index is 1030. The average Bonchev–Trinajstić information content (AvgIpc) is 3.10. The summed E-state index contributed by atoms with van der Waals surface area (Å²) in [5, 5.41) is 0.334. The molecule has 0 radical (unpaired) electrons. The van der Waals surface area contributed by atoms with Gasteiger partial charge in [-0.05, 0) is 40.7 Å². The van der Waals surface area contributed by atoms with Gasteiger partial charge in [-0.3, -0.25) is 0 Å². The summed E-state index contributed by atoms with van der Waals surface area (Å²) < 4.78 is 41.2. The second-order valence-electron chi connectivity index (χ2n) is 11.6. The summed E-state index contributed by atoms with van der Waals surface area (Å²) in [6.45, 7) is 17.7. The van der Waals surface area contributed by atoms with E-state index in [9.17, 15) is 13.6 Å². The second-order valence-corrected chi connectivity index (χ2v) is 17.2. The van der Waals surface area contributed by atoms with Crippen molar-refractivity contribution in [3.05, 3.63) is 18.1 Å². The molecule has 11 heteroatoms. The highest BCUT2D eigenvalue weighted by atomic mass is 28.3. The molecular formula is C24H39F2N5O3Si. The molecule has 0 aliphatic carbocycles. The molecule has 2 aromatic rings. The molecule has 0 unspecified atom stereocenters. The molecule has 3 rings (SSSR count). The van der Waals surface area contributed by atoms with Gasteiger partial charge in [0.25, 0.3) is 6.43 Å². The topological polar surface area (TPSA) is 72.7 Å². The number of anilines is 1. The van der Waals surface area contributed by atoms with E-state index in [-0.39, 0.29) is 30.5 Å². The van der Waals surface area contributed by atoms with Crippen molar-refractivity contribution >= 4 is 31.0 Å². The molecule has 1 aliphatic rings. The maximum Gasteiger partial charge on any atom is 0.410 e. The van der Waals surface area contributed by atoms with Gasteiger partial charge in [0.1, 0.15) is 30.1 Å². The van der Waals surface area contributed by atoms with Crippen LogP contribution in [0.3, 0.4) is 0 Å². The summed E-state index contributed by atoms with van der Waals surface area (Å²) in [6, 6.07) is 0.651. The van der Waals surface area contributed by atoms with Crippen LogP contribution in [0.2, 0.25) is 25.7 Å². The zero-order valence-corrected chi connectivity index (χ0v) is 23.1. The minimum atomic E-state index is -2.68. The van der Waals surface area contributed by atoms with Crippen molar-refractivity contribution in [2.24, 2.45) is 0 Å². The van der Waals surface area contributed by atoms with Gasteiger partial charge in [0.05, 0.1) is 5.39 Å². The molecule has 0 spiro atoms. The number of carbonyl (C=O) groups excluding carboxylic acids is 1. The predicted octanol–water partition coefficient (Wildman–Crippen LogP) is 5.52. The van der Waals surface area contributed by atoms with Crippen molar-refractivity contribution in [2.75, 3.05) is 24.6 Å². The van der Waals surface area contributed by atoms with E-state index in [2.05, 4.69) is 29.6 Å². The highest BCUT2D eigenvalue weighted by molar-refractivity contribution is 6.76. The number of carbonyl (C=O) groups is 1.